The summed E-state index contributed by atoms with van der Waals surface area (Å²) in [6.45, 7) is 4.13. The largest absolute Gasteiger partial charge is 0.320 e. The fourth-order valence-corrected chi connectivity index (χ4v) is 3.72. The van der Waals surface area contributed by atoms with Crippen LogP contribution in [0.3, 0.4) is 0 Å². The first-order valence-corrected chi connectivity index (χ1v) is 8.47. The average Bonchev–Trinajstić information content (AvgIpc) is 2.95. The summed E-state index contributed by atoms with van der Waals surface area (Å²) in [5.74, 6) is 0.840. The first-order valence-electron chi connectivity index (χ1n) is 7.59. The standard InChI is InChI=1S/C15H22N4OS.ClH/c1-16-5-2-12-3-6-18(7-4-12)11-13-10-14(20)19-8-9-21-15(19)17-13;/h8-10,12,16H,2-7,11H2,1H3;1H. The van der Waals surface area contributed by atoms with Crippen LogP contribution in [0, 0.1) is 5.92 Å². The zero-order valence-corrected chi connectivity index (χ0v) is 14.5. The molecule has 1 fully saturated rings. The van der Waals surface area contributed by atoms with Gasteiger partial charge in [0.2, 0.25) is 0 Å². The van der Waals surface area contributed by atoms with Crippen molar-refractivity contribution in [2.45, 2.75) is 25.8 Å². The number of aromatic nitrogens is 2. The maximum absolute atomic E-state index is 12.0. The Bertz CT molecular complexity index is 648. The monoisotopic (exact) mass is 342 g/mol. The number of hydrogen-bond acceptors (Lipinski definition) is 5. The summed E-state index contributed by atoms with van der Waals surface area (Å²) in [5.41, 5.74) is 0.927. The lowest BCUT2D eigenvalue weighted by atomic mass is 9.93. The van der Waals surface area contributed by atoms with E-state index < -0.39 is 0 Å². The van der Waals surface area contributed by atoms with E-state index in [9.17, 15) is 4.79 Å². The first kappa shape index (κ1) is 17.4. The summed E-state index contributed by atoms with van der Waals surface area (Å²) < 4.78 is 1.61. The topological polar surface area (TPSA) is 49.6 Å². The Morgan fingerprint density at radius 3 is 2.91 bits per heavy atom. The van der Waals surface area contributed by atoms with Crippen molar-refractivity contribution >= 4 is 28.7 Å². The number of fused-ring (bicyclic) bond motifs is 1. The predicted molar refractivity (Wildman–Crippen MR) is 93.1 cm³/mol. The van der Waals surface area contributed by atoms with Crippen molar-refractivity contribution in [1.29, 1.82) is 0 Å². The molecule has 0 aliphatic carbocycles. The fraction of sp³-hybridized carbons (Fsp3) is 0.600. The summed E-state index contributed by atoms with van der Waals surface area (Å²) >= 11 is 1.51. The van der Waals surface area contributed by atoms with Crippen LogP contribution in [0.25, 0.3) is 4.96 Å². The number of likely N-dealkylation sites (tertiary alicyclic amines) is 1. The number of nitrogens with zero attached hydrogens (tertiary/aromatic N) is 3. The molecule has 0 unspecified atom stereocenters. The quantitative estimate of drug-likeness (QED) is 0.903. The van der Waals surface area contributed by atoms with Crippen LogP contribution in [0.15, 0.2) is 22.4 Å². The van der Waals surface area contributed by atoms with Gasteiger partial charge in [0.15, 0.2) is 4.96 Å². The summed E-state index contributed by atoms with van der Waals surface area (Å²) in [5, 5.41) is 5.13. The third-order valence-corrected chi connectivity index (χ3v) is 5.01. The van der Waals surface area contributed by atoms with Crippen molar-refractivity contribution in [1.82, 2.24) is 19.6 Å². The Morgan fingerprint density at radius 2 is 2.18 bits per heavy atom. The molecule has 7 heteroatoms. The highest BCUT2D eigenvalue weighted by Gasteiger charge is 2.19. The maximum atomic E-state index is 12.0. The van der Waals surface area contributed by atoms with Gasteiger partial charge in [-0.1, -0.05) is 0 Å². The second-order valence-corrected chi connectivity index (χ2v) is 6.63. The lowest BCUT2D eigenvalue weighted by Gasteiger charge is -2.31. The molecular formula is C15H23ClN4OS. The van der Waals surface area contributed by atoms with Crippen LogP contribution in [0.4, 0.5) is 0 Å². The summed E-state index contributed by atoms with van der Waals surface area (Å²) in [4.78, 5) is 19.8. The van der Waals surface area contributed by atoms with Gasteiger partial charge < -0.3 is 5.32 Å². The van der Waals surface area contributed by atoms with E-state index in [0.29, 0.717) is 0 Å². The zero-order chi connectivity index (χ0) is 14.7. The summed E-state index contributed by atoms with van der Waals surface area (Å²) in [7, 11) is 2.01. The molecule has 0 amide bonds. The number of nitrogens with one attached hydrogen (secondary N) is 1. The van der Waals surface area contributed by atoms with Crippen molar-refractivity contribution in [3.63, 3.8) is 0 Å². The van der Waals surface area contributed by atoms with Crippen LogP contribution in [-0.2, 0) is 6.54 Å². The van der Waals surface area contributed by atoms with Gasteiger partial charge in [0.25, 0.3) is 5.56 Å². The highest BCUT2D eigenvalue weighted by atomic mass is 35.5. The Kier molecular flexibility index (Phi) is 6.37. The van der Waals surface area contributed by atoms with Crippen molar-refractivity contribution < 1.29 is 0 Å². The molecule has 1 aliphatic rings. The molecule has 1 N–H and O–H groups in total. The molecule has 0 aromatic carbocycles. The van der Waals surface area contributed by atoms with Crippen molar-refractivity contribution in [3.05, 3.63) is 33.7 Å². The molecule has 3 heterocycles. The summed E-state index contributed by atoms with van der Waals surface area (Å²) in [6.07, 6.45) is 5.56. The van der Waals surface area contributed by atoms with Gasteiger partial charge in [-0.05, 0) is 51.9 Å². The van der Waals surface area contributed by atoms with Gasteiger partial charge in [-0.3, -0.25) is 14.1 Å². The molecule has 1 aliphatic heterocycles. The molecule has 122 valence electrons. The van der Waals surface area contributed by atoms with Crippen LogP contribution in [0.2, 0.25) is 0 Å². The molecule has 3 rings (SSSR count). The Balaban J connectivity index is 0.00000176. The molecule has 2 aromatic rings. The van der Waals surface area contributed by atoms with Gasteiger partial charge in [0.05, 0.1) is 5.69 Å². The molecule has 1 saturated heterocycles. The fourth-order valence-electron chi connectivity index (χ4n) is 2.98. The minimum atomic E-state index is 0. The predicted octanol–water partition coefficient (Wildman–Crippen LogP) is 2.00. The van der Waals surface area contributed by atoms with E-state index in [0.717, 1.165) is 42.8 Å². The Morgan fingerprint density at radius 1 is 1.41 bits per heavy atom. The minimum absolute atomic E-state index is 0. The lowest BCUT2D eigenvalue weighted by Crippen LogP contribution is -2.34. The number of rotatable bonds is 5. The van der Waals surface area contributed by atoms with Gasteiger partial charge in [-0.15, -0.1) is 23.7 Å². The van der Waals surface area contributed by atoms with Crippen molar-refractivity contribution in [2.75, 3.05) is 26.7 Å². The van der Waals surface area contributed by atoms with Crippen LogP contribution in [0.5, 0.6) is 0 Å². The van der Waals surface area contributed by atoms with Crippen molar-refractivity contribution in [2.24, 2.45) is 5.92 Å². The number of piperidine rings is 1. The van der Waals surface area contributed by atoms with E-state index in [2.05, 4.69) is 15.2 Å². The van der Waals surface area contributed by atoms with Gasteiger partial charge in [0.1, 0.15) is 0 Å². The zero-order valence-electron chi connectivity index (χ0n) is 12.8. The van der Waals surface area contributed by atoms with Gasteiger partial charge in [-0.2, -0.15) is 0 Å². The van der Waals surface area contributed by atoms with Crippen LogP contribution < -0.4 is 10.9 Å². The summed E-state index contributed by atoms with van der Waals surface area (Å²) in [6, 6.07) is 1.67. The number of thiazole rings is 1. The van der Waals surface area contributed by atoms with Crippen LogP contribution in [-0.4, -0.2) is 41.0 Å². The molecule has 22 heavy (non-hydrogen) atoms. The lowest BCUT2D eigenvalue weighted by molar-refractivity contribution is 0.171. The highest BCUT2D eigenvalue weighted by Crippen LogP contribution is 2.21. The van der Waals surface area contributed by atoms with Crippen LogP contribution >= 0.6 is 23.7 Å². The molecule has 0 saturated carbocycles. The second-order valence-electron chi connectivity index (χ2n) is 5.75. The SMILES string of the molecule is CNCCC1CCN(Cc2cc(=O)n3ccsc3n2)CC1.Cl. The molecule has 5 nitrogen and oxygen atoms in total. The van der Waals surface area contributed by atoms with E-state index in [-0.39, 0.29) is 18.0 Å². The molecule has 0 atom stereocenters. The third kappa shape index (κ3) is 4.07. The molecular weight excluding hydrogens is 320 g/mol. The van der Waals surface area contributed by atoms with Crippen LogP contribution in [0.1, 0.15) is 25.0 Å². The Labute approximate surface area is 140 Å². The first-order chi connectivity index (χ1) is 10.3. The third-order valence-electron chi connectivity index (χ3n) is 4.25. The average molecular weight is 343 g/mol. The van der Waals surface area contributed by atoms with E-state index >= 15 is 0 Å². The normalized spacial score (nSPS) is 16.8. The second kappa shape index (κ2) is 8.06. The minimum Gasteiger partial charge on any atom is -0.320 e. The smallest absolute Gasteiger partial charge is 0.258 e. The Hall–Kier alpha value is -0.950. The highest BCUT2D eigenvalue weighted by molar-refractivity contribution is 7.15. The molecule has 0 radical (unpaired) electrons. The molecule has 2 aromatic heterocycles. The number of hydrogen-bond donors (Lipinski definition) is 1. The van der Waals surface area contributed by atoms with E-state index in [1.807, 2.05) is 12.4 Å². The van der Waals surface area contributed by atoms with Gasteiger partial charge >= 0.3 is 0 Å². The van der Waals surface area contributed by atoms with Crippen molar-refractivity contribution in [3.8, 4) is 0 Å². The van der Waals surface area contributed by atoms with E-state index in [1.165, 1.54) is 30.6 Å². The molecule has 0 spiro atoms. The molecule has 0 bridgehead atoms. The van der Waals surface area contributed by atoms with Gasteiger partial charge in [-0.25, -0.2) is 4.98 Å². The maximum Gasteiger partial charge on any atom is 0.258 e. The van der Waals surface area contributed by atoms with Gasteiger partial charge in [0, 0.05) is 24.2 Å². The number of halogens is 1. The van der Waals surface area contributed by atoms with E-state index in [4.69, 9.17) is 0 Å². The van der Waals surface area contributed by atoms with E-state index in [1.54, 1.807) is 16.7 Å².